The van der Waals surface area contributed by atoms with E-state index in [0.29, 0.717) is 24.1 Å². The van der Waals surface area contributed by atoms with Crippen molar-refractivity contribution in [3.63, 3.8) is 0 Å². The Balaban J connectivity index is 2.18. The maximum atomic E-state index is 13.9. The highest BCUT2D eigenvalue weighted by molar-refractivity contribution is 5.22. The lowest BCUT2D eigenvalue weighted by Crippen LogP contribution is -2.44. The van der Waals surface area contributed by atoms with Gasteiger partial charge in [-0.3, -0.25) is 4.90 Å². The van der Waals surface area contributed by atoms with Crippen LogP contribution in [0.4, 0.5) is 8.78 Å². The average molecular weight is 282 g/mol. The smallest absolute Gasteiger partial charge is 0.163 e. The van der Waals surface area contributed by atoms with E-state index >= 15 is 0 Å². The first-order valence-corrected chi connectivity index (χ1v) is 7.42. The lowest BCUT2D eigenvalue weighted by atomic mass is 9.83. The van der Waals surface area contributed by atoms with Crippen LogP contribution in [0.5, 0.6) is 0 Å². The zero-order chi connectivity index (χ0) is 14.7. The van der Waals surface area contributed by atoms with Crippen molar-refractivity contribution in [2.24, 2.45) is 11.7 Å². The number of rotatable bonds is 4. The first-order chi connectivity index (χ1) is 9.56. The van der Waals surface area contributed by atoms with Crippen LogP contribution in [-0.2, 0) is 0 Å². The minimum atomic E-state index is -0.776. The van der Waals surface area contributed by atoms with Crippen LogP contribution < -0.4 is 5.73 Å². The number of hydrogen-bond acceptors (Lipinski definition) is 2. The Kier molecular flexibility index (Phi) is 5.11. The molecule has 1 aliphatic rings. The maximum absolute atomic E-state index is 13.9. The van der Waals surface area contributed by atoms with Crippen LogP contribution >= 0.6 is 0 Å². The first-order valence-electron chi connectivity index (χ1n) is 7.42. The van der Waals surface area contributed by atoms with Crippen molar-refractivity contribution in [1.29, 1.82) is 0 Å². The normalized spacial score (nSPS) is 24.9. The van der Waals surface area contributed by atoms with Crippen LogP contribution in [0.15, 0.2) is 18.2 Å². The lowest BCUT2D eigenvalue weighted by molar-refractivity contribution is 0.0971. The van der Waals surface area contributed by atoms with E-state index in [2.05, 4.69) is 4.90 Å². The van der Waals surface area contributed by atoms with Gasteiger partial charge in [-0.1, -0.05) is 25.0 Å². The third kappa shape index (κ3) is 3.01. The van der Waals surface area contributed by atoms with Crippen molar-refractivity contribution in [2.45, 2.75) is 44.7 Å². The Labute approximate surface area is 120 Å². The molecule has 0 radical (unpaired) electrons. The van der Waals surface area contributed by atoms with Crippen LogP contribution in [0.1, 0.15) is 44.2 Å². The number of benzene rings is 1. The molecule has 0 amide bonds. The van der Waals surface area contributed by atoms with Crippen LogP contribution in [0.2, 0.25) is 0 Å². The van der Waals surface area contributed by atoms with Crippen molar-refractivity contribution >= 4 is 0 Å². The van der Waals surface area contributed by atoms with Gasteiger partial charge in [0.2, 0.25) is 0 Å². The number of hydrogen-bond donors (Lipinski definition) is 1. The van der Waals surface area contributed by atoms with Crippen molar-refractivity contribution in [3.05, 3.63) is 35.4 Å². The summed E-state index contributed by atoms with van der Waals surface area (Å²) in [4.78, 5) is 2.16. The van der Waals surface area contributed by atoms with Gasteiger partial charge in [-0.2, -0.15) is 0 Å². The van der Waals surface area contributed by atoms with Crippen molar-refractivity contribution in [2.75, 3.05) is 13.6 Å². The largest absolute Gasteiger partial charge is 0.330 e. The van der Waals surface area contributed by atoms with E-state index in [9.17, 15) is 8.78 Å². The molecule has 20 heavy (non-hydrogen) atoms. The highest BCUT2D eigenvalue weighted by Gasteiger charge is 2.31. The molecule has 2 nitrogen and oxygen atoms in total. The third-order valence-corrected chi connectivity index (χ3v) is 4.74. The van der Waals surface area contributed by atoms with E-state index in [4.69, 9.17) is 5.73 Å². The highest BCUT2D eigenvalue weighted by atomic mass is 19.2. The second-order valence-corrected chi connectivity index (χ2v) is 5.83. The third-order valence-electron chi connectivity index (χ3n) is 4.74. The van der Waals surface area contributed by atoms with E-state index in [-0.39, 0.29) is 6.04 Å². The summed E-state index contributed by atoms with van der Waals surface area (Å²) in [5.41, 5.74) is 6.29. The van der Waals surface area contributed by atoms with Crippen molar-refractivity contribution in [3.8, 4) is 0 Å². The minimum Gasteiger partial charge on any atom is -0.330 e. The number of halogens is 2. The van der Waals surface area contributed by atoms with Gasteiger partial charge in [-0.25, -0.2) is 8.78 Å². The van der Waals surface area contributed by atoms with E-state index in [0.717, 1.165) is 18.9 Å². The second kappa shape index (κ2) is 6.64. The quantitative estimate of drug-likeness (QED) is 0.916. The fourth-order valence-corrected chi connectivity index (χ4v) is 3.35. The van der Waals surface area contributed by atoms with Gasteiger partial charge in [0, 0.05) is 17.6 Å². The highest BCUT2D eigenvalue weighted by Crippen LogP contribution is 2.33. The van der Waals surface area contributed by atoms with Gasteiger partial charge < -0.3 is 5.73 Å². The molecule has 0 bridgehead atoms. The van der Waals surface area contributed by atoms with Gasteiger partial charge in [0.1, 0.15) is 0 Å². The summed E-state index contributed by atoms with van der Waals surface area (Å²) < 4.78 is 27.3. The number of nitrogens with two attached hydrogens (primary N) is 1. The molecule has 3 atom stereocenters. The molecule has 4 heteroatoms. The summed E-state index contributed by atoms with van der Waals surface area (Å²) >= 11 is 0. The predicted octanol–water partition coefficient (Wildman–Crippen LogP) is 3.48. The van der Waals surface area contributed by atoms with E-state index in [1.54, 1.807) is 12.1 Å². The number of nitrogens with zero attached hydrogens (tertiary/aromatic N) is 1. The summed E-state index contributed by atoms with van der Waals surface area (Å²) in [6, 6.07) is 4.60. The Morgan fingerprint density at radius 2 is 2.00 bits per heavy atom. The second-order valence-electron chi connectivity index (χ2n) is 5.83. The maximum Gasteiger partial charge on any atom is 0.163 e. The van der Waals surface area contributed by atoms with Crippen LogP contribution in [0.3, 0.4) is 0 Å². The van der Waals surface area contributed by atoms with Gasteiger partial charge in [-0.15, -0.1) is 0 Å². The topological polar surface area (TPSA) is 29.3 Å². The molecule has 1 aromatic rings. The molecule has 2 rings (SSSR count). The average Bonchev–Trinajstić information content (AvgIpc) is 2.48. The van der Waals surface area contributed by atoms with E-state index in [1.807, 2.05) is 14.0 Å². The SMILES string of the molecule is CC(c1cccc(F)c1F)N(C)C1CCCCC1CN. The fraction of sp³-hybridized carbons (Fsp3) is 0.625. The van der Waals surface area contributed by atoms with Gasteiger partial charge in [0.25, 0.3) is 0 Å². The molecule has 1 aliphatic carbocycles. The first kappa shape index (κ1) is 15.4. The van der Waals surface area contributed by atoms with Gasteiger partial charge in [0.15, 0.2) is 11.6 Å². The standard InChI is InChI=1S/C16H24F2N2/c1-11(13-7-5-8-14(17)16(13)18)20(2)15-9-4-3-6-12(15)10-19/h5,7-8,11-12,15H,3-4,6,9-10,19H2,1-2H3. The zero-order valence-electron chi connectivity index (χ0n) is 12.3. The molecule has 0 aliphatic heterocycles. The molecule has 112 valence electrons. The van der Waals surface area contributed by atoms with Crippen molar-refractivity contribution < 1.29 is 8.78 Å². The van der Waals surface area contributed by atoms with Crippen LogP contribution in [-0.4, -0.2) is 24.5 Å². The van der Waals surface area contributed by atoms with Gasteiger partial charge in [-0.05, 0) is 45.3 Å². The van der Waals surface area contributed by atoms with E-state index < -0.39 is 11.6 Å². The summed E-state index contributed by atoms with van der Waals surface area (Å²) in [6.07, 6.45) is 4.61. The Bertz CT molecular complexity index is 450. The Morgan fingerprint density at radius 1 is 1.30 bits per heavy atom. The molecule has 1 saturated carbocycles. The van der Waals surface area contributed by atoms with E-state index in [1.165, 1.54) is 12.8 Å². The summed E-state index contributed by atoms with van der Waals surface area (Å²) in [7, 11) is 1.99. The molecule has 0 aromatic heterocycles. The molecular weight excluding hydrogens is 258 g/mol. The molecule has 0 saturated heterocycles. The summed E-state index contributed by atoms with van der Waals surface area (Å²) in [5.74, 6) is -1.05. The molecule has 1 fully saturated rings. The minimum absolute atomic E-state index is 0.150. The van der Waals surface area contributed by atoms with Crippen LogP contribution in [0.25, 0.3) is 0 Å². The predicted molar refractivity (Wildman–Crippen MR) is 77.3 cm³/mol. The van der Waals surface area contributed by atoms with Gasteiger partial charge >= 0.3 is 0 Å². The lowest BCUT2D eigenvalue weighted by Gasteiger charge is -2.40. The summed E-state index contributed by atoms with van der Waals surface area (Å²) in [6.45, 7) is 2.59. The molecule has 3 unspecified atom stereocenters. The molecular formula is C16H24F2N2. The van der Waals surface area contributed by atoms with Crippen LogP contribution in [0, 0.1) is 17.6 Å². The Morgan fingerprint density at radius 3 is 2.70 bits per heavy atom. The monoisotopic (exact) mass is 282 g/mol. The molecule has 0 spiro atoms. The van der Waals surface area contributed by atoms with Crippen molar-refractivity contribution in [1.82, 2.24) is 4.90 Å². The van der Waals surface area contributed by atoms with Gasteiger partial charge in [0.05, 0.1) is 0 Å². The fourth-order valence-electron chi connectivity index (χ4n) is 3.35. The molecule has 1 aromatic carbocycles. The molecule has 0 heterocycles. The Hall–Kier alpha value is -1.00. The zero-order valence-corrected chi connectivity index (χ0v) is 12.3. The molecule has 2 N–H and O–H groups in total. The summed E-state index contributed by atoms with van der Waals surface area (Å²) in [5, 5.41) is 0.